The highest BCUT2D eigenvalue weighted by atomic mass is 32.1. The maximum Gasteiger partial charge on any atom is 0.0794 e. The van der Waals surface area contributed by atoms with Crippen LogP contribution in [0.2, 0.25) is 0 Å². The van der Waals surface area contributed by atoms with Gasteiger partial charge in [-0.15, -0.1) is 11.3 Å². The van der Waals surface area contributed by atoms with E-state index in [4.69, 9.17) is 0 Å². The minimum Gasteiger partial charge on any atom is -0.305 e. The summed E-state index contributed by atoms with van der Waals surface area (Å²) in [4.78, 5) is 5.40. The standard InChI is InChI=1S/C16H16N2S/c1-12(16-10-17-11-19-16)18-9-14-7-4-6-13-5-2-3-8-15(13)14/h2-8,10-12,18H,9H2,1H3. The summed E-state index contributed by atoms with van der Waals surface area (Å²) in [6.07, 6.45) is 1.94. The van der Waals surface area contributed by atoms with E-state index >= 15 is 0 Å². The molecule has 3 aromatic rings. The number of benzene rings is 2. The second-order valence-corrected chi connectivity index (χ2v) is 5.56. The molecule has 2 aromatic carbocycles. The lowest BCUT2D eigenvalue weighted by atomic mass is 10.0. The smallest absolute Gasteiger partial charge is 0.0794 e. The molecule has 0 aliphatic carbocycles. The van der Waals surface area contributed by atoms with E-state index in [-0.39, 0.29) is 0 Å². The van der Waals surface area contributed by atoms with Crippen LogP contribution in [0.1, 0.15) is 23.4 Å². The monoisotopic (exact) mass is 268 g/mol. The first-order valence-electron chi connectivity index (χ1n) is 6.43. The van der Waals surface area contributed by atoms with Crippen molar-refractivity contribution in [2.45, 2.75) is 19.5 Å². The molecular weight excluding hydrogens is 252 g/mol. The number of hydrogen-bond donors (Lipinski definition) is 1. The fraction of sp³-hybridized carbons (Fsp3) is 0.188. The van der Waals surface area contributed by atoms with Gasteiger partial charge >= 0.3 is 0 Å². The fourth-order valence-corrected chi connectivity index (χ4v) is 2.90. The predicted molar refractivity (Wildman–Crippen MR) is 81.3 cm³/mol. The summed E-state index contributed by atoms with van der Waals surface area (Å²) in [6.45, 7) is 3.05. The molecule has 0 spiro atoms. The molecule has 0 bridgehead atoms. The summed E-state index contributed by atoms with van der Waals surface area (Å²) in [5.41, 5.74) is 3.22. The van der Waals surface area contributed by atoms with Crippen molar-refractivity contribution in [1.29, 1.82) is 0 Å². The van der Waals surface area contributed by atoms with Gasteiger partial charge in [-0.05, 0) is 23.3 Å². The highest BCUT2D eigenvalue weighted by Gasteiger charge is 2.07. The van der Waals surface area contributed by atoms with E-state index in [1.54, 1.807) is 11.3 Å². The molecule has 3 rings (SSSR count). The third-order valence-corrected chi connectivity index (χ3v) is 4.32. The Labute approximate surface area is 117 Å². The van der Waals surface area contributed by atoms with Crippen molar-refractivity contribution in [3.05, 3.63) is 64.6 Å². The molecule has 3 heteroatoms. The SMILES string of the molecule is CC(NCc1cccc2ccccc12)c1cncs1. The maximum absolute atomic E-state index is 4.13. The van der Waals surface area contributed by atoms with Crippen LogP contribution in [0.4, 0.5) is 0 Å². The van der Waals surface area contributed by atoms with Crippen LogP contribution in [0, 0.1) is 0 Å². The normalized spacial score (nSPS) is 12.7. The first-order valence-corrected chi connectivity index (χ1v) is 7.31. The van der Waals surface area contributed by atoms with Crippen molar-refractivity contribution >= 4 is 22.1 Å². The van der Waals surface area contributed by atoms with Crippen LogP contribution in [0.5, 0.6) is 0 Å². The topological polar surface area (TPSA) is 24.9 Å². The zero-order valence-electron chi connectivity index (χ0n) is 10.8. The van der Waals surface area contributed by atoms with E-state index in [1.807, 2.05) is 11.7 Å². The summed E-state index contributed by atoms with van der Waals surface area (Å²) in [7, 11) is 0. The van der Waals surface area contributed by atoms with Crippen LogP contribution in [0.15, 0.2) is 54.2 Å². The lowest BCUT2D eigenvalue weighted by molar-refractivity contribution is 0.584. The van der Waals surface area contributed by atoms with Crippen LogP contribution in [0.3, 0.4) is 0 Å². The Morgan fingerprint density at radius 2 is 2.00 bits per heavy atom. The van der Waals surface area contributed by atoms with Gasteiger partial charge in [-0.3, -0.25) is 4.98 Å². The van der Waals surface area contributed by atoms with Crippen molar-refractivity contribution in [3.63, 3.8) is 0 Å². The van der Waals surface area contributed by atoms with Crippen molar-refractivity contribution < 1.29 is 0 Å². The molecule has 1 unspecified atom stereocenters. The Kier molecular flexibility index (Phi) is 3.58. The van der Waals surface area contributed by atoms with Crippen LogP contribution >= 0.6 is 11.3 Å². The lowest BCUT2D eigenvalue weighted by Gasteiger charge is -2.13. The summed E-state index contributed by atoms with van der Waals surface area (Å²) in [5.74, 6) is 0. The zero-order valence-corrected chi connectivity index (χ0v) is 11.7. The van der Waals surface area contributed by atoms with E-state index in [0.29, 0.717) is 6.04 Å². The Bertz CT molecular complexity index is 656. The van der Waals surface area contributed by atoms with Gasteiger partial charge in [0.15, 0.2) is 0 Å². The number of nitrogens with zero attached hydrogens (tertiary/aromatic N) is 1. The van der Waals surface area contributed by atoms with Gasteiger partial charge in [0.05, 0.1) is 5.51 Å². The molecular formula is C16H16N2S. The van der Waals surface area contributed by atoms with Gasteiger partial charge in [-0.1, -0.05) is 42.5 Å². The van der Waals surface area contributed by atoms with Crippen molar-refractivity contribution in [2.75, 3.05) is 0 Å². The third kappa shape index (κ3) is 2.67. The first-order chi connectivity index (χ1) is 9.34. The molecule has 2 nitrogen and oxygen atoms in total. The van der Waals surface area contributed by atoms with Gasteiger partial charge in [0.25, 0.3) is 0 Å². The maximum atomic E-state index is 4.13. The molecule has 1 N–H and O–H groups in total. The molecule has 1 aromatic heterocycles. The molecule has 0 fully saturated rings. The number of rotatable bonds is 4. The predicted octanol–water partition coefficient (Wildman–Crippen LogP) is 4.15. The summed E-state index contributed by atoms with van der Waals surface area (Å²) in [6, 6.07) is 15.3. The summed E-state index contributed by atoms with van der Waals surface area (Å²) >= 11 is 1.70. The van der Waals surface area contributed by atoms with Gasteiger partial charge in [0, 0.05) is 23.7 Å². The van der Waals surface area contributed by atoms with E-state index in [2.05, 4.69) is 59.7 Å². The van der Waals surface area contributed by atoms with Crippen molar-refractivity contribution in [1.82, 2.24) is 10.3 Å². The first kappa shape index (κ1) is 12.3. The molecule has 0 saturated heterocycles. The number of fused-ring (bicyclic) bond motifs is 1. The van der Waals surface area contributed by atoms with Gasteiger partial charge in [-0.25, -0.2) is 0 Å². The average Bonchev–Trinajstić information content (AvgIpc) is 2.99. The minimum absolute atomic E-state index is 0.339. The molecule has 96 valence electrons. The molecule has 0 radical (unpaired) electrons. The van der Waals surface area contributed by atoms with Gasteiger partial charge in [0.1, 0.15) is 0 Å². The molecule has 1 atom stereocenters. The summed E-state index contributed by atoms with van der Waals surface area (Å²) < 4.78 is 0. The van der Waals surface area contributed by atoms with Crippen LogP contribution in [0.25, 0.3) is 10.8 Å². The second kappa shape index (κ2) is 5.51. The molecule has 0 amide bonds. The third-order valence-electron chi connectivity index (χ3n) is 3.36. The zero-order chi connectivity index (χ0) is 13.1. The van der Waals surface area contributed by atoms with Crippen molar-refractivity contribution in [2.24, 2.45) is 0 Å². The number of nitrogens with one attached hydrogen (secondary N) is 1. The highest BCUT2D eigenvalue weighted by molar-refractivity contribution is 7.09. The lowest BCUT2D eigenvalue weighted by Crippen LogP contribution is -2.17. The van der Waals surface area contributed by atoms with E-state index in [0.717, 1.165) is 6.54 Å². The van der Waals surface area contributed by atoms with Gasteiger partial charge < -0.3 is 5.32 Å². The van der Waals surface area contributed by atoms with Crippen LogP contribution in [-0.4, -0.2) is 4.98 Å². The van der Waals surface area contributed by atoms with E-state index in [9.17, 15) is 0 Å². The Hall–Kier alpha value is -1.71. The Morgan fingerprint density at radius 3 is 2.84 bits per heavy atom. The molecule has 0 aliphatic rings. The summed E-state index contributed by atoms with van der Waals surface area (Å²) in [5, 5.41) is 6.19. The molecule has 0 saturated carbocycles. The van der Waals surface area contributed by atoms with E-state index < -0.39 is 0 Å². The molecule has 0 aliphatic heterocycles. The molecule has 1 heterocycles. The Morgan fingerprint density at radius 1 is 1.16 bits per heavy atom. The number of thiazole rings is 1. The minimum atomic E-state index is 0.339. The van der Waals surface area contributed by atoms with Crippen LogP contribution in [-0.2, 0) is 6.54 Å². The van der Waals surface area contributed by atoms with Gasteiger partial charge in [-0.2, -0.15) is 0 Å². The number of hydrogen-bond acceptors (Lipinski definition) is 3. The second-order valence-electron chi connectivity index (χ2n) is 4.64. The fourth-order valence-electron chi connectivity index (χ4n) is 2.25. The Balaban J connectivity index is 1.79. The quantitative estimate of drug-likeness (QED) is 0.769. The largest absolute Gasteiger partial charge is 0.305 e. The average molecular weight is 268 g/mol. The van der Waals surface area contributed by atoms with Crippen LogP contribution < -0.4 is 5.32 Å². The van der Waals surface area contributed by atoms with E-state index in [1.165, 1.54) is 21.2 Å². The van der Waals surface area contributed by atoms with Gasteiger partial charge in [0.2, 0.25) is 0 Å². The molecule has 19 heavy (non-hydrogen) atoms. The number of aromatic nitrogens is 1. The van der Waals surface area contributed by atoms with Crippen molar-refractivity contribution in [3.8, 4) is 0 Å². The highest BCUT2D eigenvalue weighted by Crippen LogP contribution is 2.21.